The molecule has 0 aliphatic carbocycles. The second-order valence-corrected chi connectivity index (χ2v) is 8.22. The summed E-state index contributed by atoms with van der Waals surface area (Å²) in [6.07, 6.45) is -6.93. The number of carboxylic acids is 1. The number of esters is 1. The fourth-order valence-corrected chi connectivity index (χ4v) is 4.00. The largest absolute Gasteiger partial charge is 0.508 e. The van der Waals surface area contributed by atoms with Crippen LogP contribution in [0.4, 0.5) is 0 Å². The van der Waals surface area contributed by atoms with E-state index in [2.05, 4.69) is 0 Å². The molecule has 0 bridgehead atoms. The third-order valence-electron chi connectivity index (χ3n) is 5.90. The molecule has 2 heterocycles. The first-order chi connectivity index (χ1) is 16.7. The van der Waals surface area contributed by atoms with E-state index < -0.39 is 61.3 Å². The number of aliphatic carboxylic acids is 1. The van der Waals surface area contributed by atoms with Crippen LogP contribution in [0.5, 0.6) is 11.5 Å². The fourth-order valence-electron chi connectivity index (χ4n) is 4.00. The maximum absolute atomic E-state index is 12.5. The lowest BCUT2D eigenvalue weighted by Crippen LogP contribution is -2.60. The lowest BCUT2D eigenvalue weighted by molar-refractivity contribution is -0.277. The van der Waals surface area contributed by atoms with Crippen LogP contribution < -0.4 is 4.74 Å². The molecule has 2 aliphatic rings. The Morgan fingerprint density at radius 2 is 1.63 bits per heavy atom. The van der Waals surface area contributed by atoms with Crippen LogP contribution in [-0.2, 0) is 19.1 Å². The Hall–Kier alpha value is -3.48. The first-order valence-electron chi connectivity index (χ1n) is 10.7. The number of carbonyl (C=O) groups is 2. The third kappa shape index (κ3) is 4.99. The van der Waals surface area contributed by atoms with Gasteiger partial charge in [0.15, 0.2) is 0 Å². The molecule has 186 valence electrons. The van der Waals surface area contributed by atoms with Crippen LogP contribution in [0.1, 0.15) is 17.2 Å². The normalized spacial score (nSPS) is 31.8. The highest BCUT2D eigenvalue weighted by Crippen LogP contribution is 2.40. The molecule has 0 amide bonds. The maximum atomic E-state index is 12.5. The smallest absolute Gasteiger partial charge is 0.335 e. The Morgan fingerprint density at radius 3 is 2.23 bits per heavy atom. The summed E-state index contributed by atoms with van der Waals surface area (Å²) in [6.45, 7) is -0.604. The maximum Gasteiger partial charge on any atom is 0.335 e. The Labute approximate surface area is 199 Å². The van der Waals surface area contributed by atoms with Crippen molar-refractivity contribution < 1.29 is 54.4 Å². The lowest BCUT2D eigenvalue weighted by atomic mass is 9.90. The number of benzene rings is 2. The monoisotopic (exact) mass is 488 g/mol. The first-order valence-corrected chi connectivity index (χ1v) is 10.7. The summed E-state index contributed by atoms with van der Waals surface area (Å²) in [7, 11) is 0. The van der Waals surface area contributed by atoms with Crippen LogP contribution in [-0.4, -0.2) is 79.9 Å². The Kier molecular flexibility index (Phi) is 7.05. The quantitative estimate of drug-likeness (QED) is 0.237. The minimum Gasteiger partial charge on any atom is -0.508 e. The minimum absolute atomic E-state index is 0.0276. The van der Waals surface area contributed by atoms with E-state index in [0.717, 1.165) is 0 Å². The minimum atomic E-state index is -1.60. The van der Waals surface area contributed by atoms with E-state index in [9.17, 15) is 40.2 Å². The van der Waals surface area contributed by atoms with E-state index >= 15 is 0 Å². The predicted octanol–water partition coefficient (Wildman–Crippen LogP) is -0.0468. The molecule has 0 aromatic heterocycles. The highest BCUT2D eigenvalue weighted by atomic mass is 16.7. The number of hydrogen-bond donors (Lipinski definition) is 6. The number of hydrogen-bond acceptors (Lipinski definition) is 10. The van der Waals surface area contributed by atoms with Crippen LogP contribution >= 0.6 is 0 Å². The molecule has 35 heavy (non-hydrogen) atoms. The molecule has 2 fully saturated rings. The Morgan fingerprint density at radius 1 is 0.971 bits per heavy atom. The van der Waals surface area contributed by atoms with Crippen LogP contribution in [0.25, 0.3) is 6.08 Å². The Balaban J connectivity index is 1.53. The van der Waals surface area contributed by atoms with Crippen LogP contribution in [0.15, 0.2) is 54.1 Å². The summed E-state index contributed by atoms with van der Waals surface area (Å²) >= 11 is 0. The van der Waals surface area contributed by atoms with Crippen LogP contribution in [0, 0.1) is 5.92 Å². The molecule has 4 rings (SSSR count). The van der Waals surface area contributed by atoms with Gasteiger partial charge in [0.05, 0.1) is 12.2 Å². The van der Waals surface area contributed by atoms with Crippen molar-refractivity contribution in [2.45, 2.75) is 36.8 Å². The standard InChI is InChI=1S/C24H24O11/c25-10-16-18(27)19(28)20(29)24(34-16)33-14-7-3-12(4-8-14)21-17(22(30)31)15(23(32)35-21)9-11-1-5-13(26)6-2-11/h1-9,16-21,24-29H,10H2,(H,30,31)/b15-9-/t16-,17+,18-,19+,20-,21-,24-/m0/s1. The van der Waals surface area contributed by atoms with Crippen molar-refractivity contribution in [2.75, 3.05) is 6.61 Å². The van der Waals surface area contributed by atoms with Gasteiger partial charge in [-0.05, 0) is 41.5 Å². The molecule has 7 atom stereocenters. The van der Waals surface area contributed by atoms with E-state index in [1.807, 2.05) is 0 Å². The molecule has 0 saturated carbocycles. The highest BCUT2D eigenvalue weighted by Gasteiger charge is 2.46. The number of cyclic esters (lactones) is 1. The number of phenolic OH excluding ortho intramolecular Hbond substituents is 1. The lowest BCUT2D eigenvalue weighted by Gasteiger charge is -2.39. The number of aromatic hydroxyl groups is 1. The van der Waals surface area contributed by atoms with Gasteiger partial charge in [-0.25, -0.2) is 4.79 Å². The summed E-state index contributed by atoms with van der Waals surface area (Å²) in [4.78, 5) is 24.5. The highest BCUT2D eigenvalue weighted by molar-refractivity contribution is 6.02. The number of phenols is 1. The molecule has 0 radical (unpaired) electrons. The number of ether oxygens (including phenoxy) is 3. The van der Waals surface area contributed by atoms with Gasteiger partial charge >= 0.3 is 11.9 Å². The first kappa shape index (κ1) is 24.6. The summed E-state index contributed by atoms with van der Waals surface area (Å²) in [6, 6.07) is 11.7. The Bertz CT molecular complexity index is 1090. The predicted molar refractivity (Wildman–Crippen MR) is 117 cm³/mol. The molecular formula is C24H24O11. The molecule has 2 aromatic carbocycles. The van der Waals surface area contributed by atoms with Gasteiger partial charge in [0.25, 0.3) is 0 Å². The van der Waals surface area contributed by atoms with Crippen molar-refractivity contribution in [3.8, 4) is 11.5 Å². The van der Waals surface area contributed by atoms with Gasteiger partial charge in [-0.2, -0.15) is 0 Å². The summed E-state index contributed by atoms with van der Waals surface area (Å²) in [5, 5.41) is 58.4. The van der Waals surface area contributed by atoms with Gasteiger partial charge in [-0.3, -0.25) is 4.79 Å². The molecule has 0 unspecified atom stereocenters. The fraction of sp³-hybridized carbons (Fsp3) is 0.333. The molecule has 11 nitrogen and oxygen atoms in total. The SMILES string of the molecule is O=C1O[C@@H](c2ccc(O[C@H]3O[C@@H](CO)[C@H](O)[C@@H](O)[C@@H]3O)cc2)[C@H](C(=O)O)/C1=C/c1ccc(O)cc1. The summed E-state index contributed by atoms with van der Waals surface area (Å²) in [5.74, 6) is -3.12. The van der Waals surface area contributed by atoms with Crippen molar-refractivity contribution >= 4 is 18.0 Å². The number of carbonyl (C=O) groups excluding carboxylic acids is 1. The molecule has 2 saturated heterocycles. The summed E-state index contributed by atoms with van der Waals surface area (Å²) < 4.78 is 16.2. The molecule has 0 spiro atoms. The second-order valence-electron chi connectivity index (χ2n) is 8.22. The van der Waals surface area contributed by atoms with E-state index in [0.29, 0.717) is 11.1 Å². The number of aliphatic hydroxyl groups is 4. The van der Waals surface area contributed by atoms with Gasteiger partial charge in [0.1, 0.15) is 47.9 Å². The van der Waals surface area contributed by atoms with Crippen molar-refractivity contribution in [1.82, 2.24) is 0 Å². The van der Waals surface area contributed by atoms with E-state index in [-0.39, 0.29) is 17.1 Å². The van der Waals surface area contributed by atoms with E-state index in [1.165, 1.54) is 54.6 Å². The van der Waals surface area contributed by atoms with Gasteiger partial charge in [-0.15, -0.1) is 0 Å². The topological polar surface area (TPSA) is 183 Å². The van der Waals surface area contributed by atoms with Gasteiger partial charge in [0, 0.05) is 0 Å². The van der Waals surface area contributed by atoms with Gasteiger partial charge in [0.2, 0.25) is 6.29 Å². The van der Waals surface area contributed by atoms with Crippen molar-refractivity contribution in [3.05, 3.63) is 65.2 Å². The summed E-state index contributed by atoms with van der Waals surface area (Å²) in [5.41, 5.74) is 0.848. The number of rotatable bonds is 6. The number of carboxylic acid groups (broad SMARTS) is 1. The van der Waals surface area contributed by atoms with Crippen molar-refractivity contribution in [3.63, 3.8) is 0 Å². The second kappa shape index (κ2) is 10.0. The zero-order valence-electron chi connectivity index (χ0n) is 18.2. The van der Waals surface area contributed by atoms with Gasteiger partial charge in [-0.1, -0.05) is 24.3 Å². The molecule has 2 aromatic rings. The third-order valence-corrected chi connectivity index (χ3v) is 5.90. The van der Waals surface area contributed by atoms with E-state index in [4.69, 9.17) is 14.2 Å². The van der Waals surface area contributed by atoms with Crippen LogP contribution in [0.2, 0.25) is 0 Å². The van der Waals surface area contributed by atoms with Gasteiger partial charge < -0.3 is 44.8 Å². The zero-order chi connectivity index (χ0) is 25.3. The van der Waals surface area contributed by atoms with Crippen molar-refractivity contribution in [1.29, 1.82) is 0 Å². The molecular weight excluding hydrogens is 464 g/mol. The average Bonchev–Trinajstić information content (AvgIpc) is 3.17. The average molecular weight is 488 g/mol. The molecule has 2 aliphatic heterocycles. The number of aliphatic hydroxyl groups excluding tert-OH is 4. The van der Waals surface area contributed by atoms with E-state index in [1.54, 1.807) is 0 Å². The zero-order valence-corrected chi connectivity index (χ0v) is 18.2. The molecule has 6 N–H and O–H groups in total. The molecule has 11 heteroatoms. The van der Waals surface area contributed by atoms with Crippen molar-refractivity contribution in [2.24, 2.45) is 5.92 Å². The van der Waals surface area contributed by atoms with Crippen LogP contribution in [0.3, 0.4) is 0 Å².